The van der Waals surface area contributed by atoms with Gasteiger partial charge in [-0.25, -0.2) is 4.79 Å². The highest BCUT2D eigenvalue weighted by molar-refractivity contribution is 5.97. The first-order valence-electron chi connectivity index (χ1n) is 5.26. The number of methoxy groups -OCH3 is 1. The summed E-state index contributed by atoms with van der Waals surface area (Å²) in [5.41, 5.74) is 0.397. The van der Waals surface area contributed by atoms with Gasteiger partial charge >= 0.3 is 5.97 Å². The van der Waals surface area contributed by atoms with E-state index >= 15 is 0 Å². The van der Waals surface area contributed by atoms with E-state index in [0.717, 1.165) is 0 Å². The van der Waals surface area contributed by atoms with Crippen LogP contribution in [0.3, 0.4) is 0 Å². The Labute approximate surface area is 105 Å². The highest BCUT2D eigenvalue weighted by Crippen LogP contribution is 2.24. The van der Waals surface area contributed by atoms with E-state index in [1.54, 1.807) is 13.0 Å². The Morgan fingerprint density at radius 1 is 1.56 bits per heavy atom. The highest BCUT2D eigenvalue weighted by atomic mass is 16.5. The molecule has 0 aromatic heterocycles. The van der Waals surface area contributed by atoms with E-state index in [1.807, 2.05) is 0 Å². The smallest absolute Gasteiger partial charge is 0.348 e. The van der Waals surface area contributed by atoms with Crippen LogP contribution in [-0.4, -0.2) is 19.7 Å². The minimum absolute atomic E-state index is 0.127. The maximum absolute atomic E-state index is 11.4. The number of carbonyl (C=O) groups is 1. The number of ether oxygens (including phenoxy) is 2. The van der Waals surface area contributed by atoms with Crippen molar-refractivity contribution in [2.24, 2.45) is 0 Å². The van der Waals surface area contributed by atoms with Crippen LogP contribution < -0.4 is 9.84 Å². The second-order valence-electron chi connectivity index (χ2n) is 3.30. The summed E-state index contributed by atoms with van der Waals surface area (Å²) in [6, 6.07) is 6.02. The second-order valence-corrected chi connectivity index (χ2v) is 3.30. The van der Waals surface area contributed by atoms with Crippen molar-refractivity contribution in [2.45, 2.75) is 6.92 Å². The summed E-state index contributed by atoms with van der Waals surface area (Å²) in [6.45, 7) is 1.85. The fourth-order valence-corrected chi connectivity index (χ4v) is 1.29. The van der Waals surface area contributed by atoms with Crippen LogP contribution in [0.15, 0.2) is 23.8 Å². The van der Waals surface area contributed by atoms with Crippen LogP contribution in [0.25, 0.3) is 6.08 Å². The van der Waals surface area contributed by atoms with Gasteiger partial charge in [0.15, 0.2) is 0 Å². The lowest BCUT2D eigenvalue weighted by atomic mass is 10.1. The number of esters is 1. The number of nitrogens with zero attached hydrogens (tertiary/aromatic N) is 1. The Bertz CT molecular complexity index is 514. The maximum Gasteiger partial charge on any atom is 0.348 e. The van der Waals surface area contributed by atoms with Crippen molar-refractivity contribution < 1.29 is 19.4 Å². The highest BCUT2D eigenvalue weighted by Gasteiger charge is 2.09. The minimum Gasteiger partial charge on any atom is -0.870 e. The summed E-state index contributed by atoms with van der Waals surface area (Å²) in [4.78, 5) is 11.4. The standard InChI is InChI=1S/C13H13NO4/c1-3-18-13(16)10(8-14)6-9-4-5-11(15)12(7-9)17-2/h4-7,15H,3H2,1-2H3/p-1/b10-6+. The van der Waals surface area contributed by atoms with Crippen molar-refractivity contribution in [3.63, 3.8) is 0 Å². The first-order valence-corrected chi connectivity index (χ1v) is 5.26. The molecule has 0 aliphatic rings. The minimum atomic E-state index is -0.690. The van der Waals surface area contributed by atoms with Crippen LogP contribution in [-0.2, 0) is 9.53 Å². The molecule has 1 aromatic rings. The first-order chi connectivity index (χ1) is 8.62. The predicted octanol–water partition coefficient (Wildman–Crippen LogP) is 1.24. The van der Waals surface area contributed by atoms with Gasteiger partial charge in [-0.1, -0.05) is 17.9 Å². The SMILES string of the molecule is CCOC(=O)/C(C#N)=C/c1ccc([O-])c(OC)c1. The van der Waals surface area contributed by atoms with E-state index in [4.69, 9.17) is 14.7 Å². The Morgan fingerprint density at radius 3 is 2.83 bits per heavy atom. The quantitative estimate of drug-likeness (QED) is 0.453. The fraction of sp³-hybridized carbons (Fsp3) is 0.231. The Morgan fingerprint density at radius 2 is 2.28 bits per heavy atom. The van der Waals surface area contributed by atoms with Crippen molar-refractivity contribution in [3.8, 4) is 17.6 Å². The normalized spacial score (nSPS) is 10.6. The van der Waals surface area contributed by atoms with Crippen LogP contribution in [0.2, 0.25) is 0 Å². The van der Waals surface area contributed by atoms with E-state index in [-0.39, 0.29) is 23.7 Å². The van der Waals surface area contributed by atoms with Gasteiger partial charge in [0.25, 0.3) is 0 Å². The topological polar surface area (TPSA) is 82.4 Å². The summed E-state index contributed by atoms with van der Waals surface area (Å²) < 4.78 is 9.59. The fourth-order valence-electron chi connectivity index (χ4n) is 1.29. The van der Waals surface area contributed by atoms with E-state index in [1.165, 1.54) is 31.4 Å². The zero-order valence-electron chi connectivity index (χ0n) is 10.1. The molecule has 0 spiro atoms. The summed E-state index contributed by atoms with van der Waals surface area (Å²) >= 11 is 0. The lowest BCUT2D eigenvalue weighted by Gasteiger charge is -2.12. The lowest BCUT2D eigenvalue weighted by Crippen LogP contribution is -2.06. The molecular weight excluding hydrogens is 234 g/mol. The molecule has 1 aromatic carbocycles. The van der Waals surface area contributed by atoms with Gasteiger partial charge in [-0.3, -0.25) is 0 Å². The molecule has 0 radical (unpaired) electrons. The van der Waals surface area contributed by atoms with E-state index in [2.05, 4.69) is 0 Å². The molecule has 0 heterocycles. The van der Waals surface area contributed by atoms with Crippen molar-refractivity contribution in [2.75, 3.05) is 13.7 Å². The van der Waals surface area contributed by atoms with E-state index in [0.29, 0.717) is 5.56 Å². The second kappa shape index (κ2) is 6.30. The third-order valence-electron chi connectivity index (χ3n) is 2.11. The van der Waals surface area contributed by atoms with Gasteiger partial charge in [-0.2, -0.15) is 5.26 Å². The molecule has 5 heteroatoms. The van der Waals surface area contributed by atoms with Gasteiger partial charge in [0, 0.05) is 0 Å². The van der Waals surface area contributed by atoms with Crippen LogP contribution in [0.4, 0.5) is 0 Å². The van der Waals surface area contributed by atoms with E-state index in [9.17, 15) is 9.90 Å². The number of carbonyl (C=O) groups excluding carboxylic acids is 1. The Kier molecular flexibility index (Phi) is 4.76. The number of rotatable bonds is 4. The molecule has 0 bridgehead atoms. The summed E-state index contributed by atoms with van der Waals surface area (Å²) in [6.07, 6.45) is 1.35. The molecule has 0 N–H and O–H groups in total. The number of hydrogen-bond acceptors (Lipinski definition) is 5. The molecule has 5 nitrogen and oxygen atoms in total. The van der Waals surface area contributed by atoms with Gasteiger partial charge in [0.2, 0.25) is 0 Å². The van der Waals surface area contributed by atoms with Crippen LogP contribution in [0.1, 0.15) is 12.5 Å². The molecule has 18 heavy (non-hydrogen) atoms. The summed E-state index contributed by atoms with van der Waals surface area (Å²) in [5.74, 6) is -0.792. The molecule has 1 rings (SSSR count). The Balaban J connectivity index is 3.07. The monoisotopic (exact) mass is 246 g/mol. The van der Waals surface area contributed by atoms with Gasteiger partial charge in [-0.15, -0.1) is 0 Å². The zero-order valence-corrected chi connectivity index (χ0v) is 10.1. The summed E-state index contributed by atoms with van der Waals surface area (Å²) in [7, 11) is 1.38. The first kappa shape index (κ1) is 13.6. The van der Waals surface area contributed by atoms with Crippen molar-refractivity contribution >= 4 is 12.0 Å². The van der Waals surface area contributed by atoms with Crippen LogP contribution in [0.5, 0.6) is 11.5 Å². The molecular formula is C13H12NO4-. The van der Waals surface area contributed by atoms with E-state index < -0.39 is 5.97 Å². The third kappa shape index (κ3) is 3.25. The number of nitriles is 1. The average molecular weight is 246 g/mol. The van der Waals surface area contributed by atoms with Gasteiger partial charge in [0.1, 0.15) is 17.4 Å². The lowest BCUT2D eigenvalue weighted by molar-refractivity contribution is -0.270. The number of hydrogen-bond donors (Lipinski definition) is 0. The van der Waals surface area contributed by atoms with Gasteiger partial charge in [0.05, 0.1) is 13.7 Å². The molecule has 0 unspecified atom stereocenters. The molecule has 0 atom stereocenters. The predicted molar refractivity (Wildman–Crippen MR) is 62.7 cm³/mol. The largest absolute Gasteiger partial charge is 0.870 e. The zero-order chi connectivity index (χ0) is 13.5. The molecule has 0 saturated heterocycles. The maximum atomic E-state index is 11.4. The third-order valence-corrected chi connectivity index (χ3v) is 2.11. The van der Waals surface area contributed by atoms with Crippen LogP contribution in [0, 0.1) is 11.3 Å². The van der Waals surface area contributed by atoms with Gasteiger partial charge < -0.3 is 14.6 Å². The van der Waals surface area contributed by atoms with Crippen molar-refractivity contribution in [3.05, 3.63) is 29.3 Å². The molecule has 0 aliphatic carbocycles. The molecule has 94 valence electrons. The number of benzene rings is 1. The molecule has 0 aliphatic heterocycles. The molecule has 0 fully saturated rings. The Hall–Kier alpha value is -2.48. The molecule has 0 amide bonds. The van der Waals surface area contributed by atoms with Gasteiger partial charge in [-0.05, 0) is 24.6 Å². The molecule has 0 saturated carbocycles. The van der Waals surface area contributed by atoms with Crippen molar-refractivity contribution in [1.29, 1.82) is 5.26 Å². The average Bonchev–Trinajstić information content (AvgIpc) is 2.37. The van der Waals surface area contributed by atoms with Crippen molar-refractivity contribution in [1.82, 2.24) is 0 Å². The van der Waals surface area contributed by atoms with Crippen LogP contribution >= 0.6 is 0 Å². The summed E-state index contributed by atoms with van der Waals surface area (Å²) in [5, 5.41) is 20.1.